The van der Waals surface area contributed by atoms with Crippen molar-refractivity contribution >= 4 is 17.5 Å². The quantitative estimate of drug-likeness (QED) is 0.608. The van der Waals surface area contributed by atoms with E-state index in [2.05, 4.69) is 10.6 Å². The number of nitrogens with zero attached hydrogens (tertiary/aromatic N) is 1. The maximum Gasteiger partial charge on any atom is 0.321 e. The second-order valence-corrected chi connectivity index (χ2v) is 8.61. The number of fused-ring (bicyclic) bond motifs is 1. The van der Waals surface area contributed by atoms with E-state index in [0.29, 0.717) is 23.5 Å². The Bertz CT molecular complexity index is 1110. The van der Waals surface area contributed by atoms with Crippen molar-refractivity contribution in [3.05, 3.63) is 64.9 Å². The predicted octanol–water partition coefficient (Wildman–Crippen LogP) is 2.86. The summed E-state index contributed by atoms with van der Waals surface area (Å²) in [5.74, 6) is 1.06. The van der Waals surface area contributed by atoms with Gasteiger partial charge in [-0.25, -0.2) is 4.79 Å². The standard InChI is InChI=1S/C25H30N4O4/c1-15-11-18-12-21(32-3)22(33-4)13-19(18)20(14-29(15)24(31)27-2)16-5-7-17(8-6-16)23(30)28-25(26)9-10-25/h5-8,12-15H,9-11,26H2,1-4H3,(H,27,31)(H,28,30). The zero-order chi connectivity index (χ0) is 23.8. The lowest BCUT2D eigenvalue weighted by Crippen LogP contribution is -2.43. The number of benzene rings is 2. The molecule has 0 saturated heterocycles. The molecule has 1 aliphatic carbocycles. The first-order chi connectivity index (χ1) is 15.8. The van der Waals surface area contributed by atoms with Crippen molar-refractivity contribution in [2.45, 2.75) is 37.9 Å². The first-order valence-electron chi connectivity index (χ1n) is 11.0. The van der Waals surface area contributed by atoms with Crippen LogP contribution in [0.2, 0.25) is 0 Å². The van der Waals surface area contributed by atoms with Crippen LogP contribution < -0.4 is 25.8 Å². The molecule has 1 heterocycles. The van der Waals surface area contributed by atoms with Gasteiger partial charge < -0.3 is 25.8 Å². The molecular formula is C25H30N4O4. The summed E-state index contributed by atoms with van der Waals surface area (Å²) in [6.07, 6.45) is 4.08. The minimum atomic E-state index is -0.571. The fourth-order valence-corrected chi connectivity index (χ4v) is 4.07. The van der Waals surface area contributed by atoms with Gasteiger partial charge in [-0.1, -0.05) is 12.1 Å². The molecule has 0 spiro atoms. The van der Waals surface area contributed by atoms with Gasteiger partial charge in [-0.2, -0.15) is 0 Å². The summed E-state index contributed by atoms with van der Waals surface area (Å²) in [7, 11) is 4.82. The summed E-state index contributed by atoms with van der Waals surface area (Å²) in [6.45, 7) is 2.00. The molecule has 0 radical (unpaired) electrons. The molecule has 0 bridgehead atoms. The molecule has 1 saturated carbocycles. The molecule has 174 valence electrons. The van der Waals surface area contributed by atoms with E-state index in [4.69, 9.17) is 15.2 Å². The third-order valence-electron chi connectivity index (χ3n) is 6.22. The Morgan fingerprint density at radius 1 is 1.09 bits per heavy atom. The first kappa shape index (κ1) is 22.7. The van der Waals surface area contributed by atoms with Gasteiger partial charge in [0.15, 0.2) is 11.5 Å². The summed E-state index contributed by atoms with van der Waals surface area (Å²) < 4.78 is 11.1. The average Bonchev–Trinajstić information content (AvgIpc) is 3.57. The van der Waals surface area contributed by atoms with Crippen LogP contribution in [0.4, 0.5) is 4.79 Å². The van der Waals surface area contributed by atoms with Gasteiger partial charge in [0.2, 0.25) is 0 Å². The van der Waals surface area contributed by atoms with E-state index in [0.717, 1.165) is 35.1 Å². The summed E-state index contributed by atoms with van der Waals surface area (Å²) in [5.41, 5.74) is 9.69. The predicted molar refractivity (Wildman–Crippen MR) is 126 cm³/mol. The number of amides is 3. The number of carbonyl (C=O) groups excluding carboxylic acids is 2. The van der Waals surface area contributed by atoms with Crippen molar-refractivity contribution in [2.24, 2.45) is 5.73 Å². The summed E-state index contributed by atoms with van der Waals surface area (Å²) in [6, 6.07) is 10.9. The number of hydrogen-bond acceptors (Lipinski definition) is 5. The Hall–Kier alpha value is -3.52. The Morgan fingerprint density at radius 3 is 2.30 bits per heavy atom. The van der Waals surface area contributed by atoms with Gasteiger partial charge in [0, 0.05) is 30.4 Å². The molecule has 1 unspecified atom stereocenters. The van der Waals surface area contributed by atoms with Crippen LogP contribution >= 0.6 is 0 Å². The maximum atomic E-state index is 12.6. The molecule has 1 fully saturated rings. The molecule has 2 aliphatic rings. The maximum absolute atomic E-state index is 12.6. The third kappa shape index (κ3) is 4.52. The number of rotatable bonds is 5. The first-order valence-corrected chi connectivity index (χ1v) is 11.0. The number of urea groups is 1. The SMILES string of the molecule is CNC(=O)N1C=C(c2ccc(C(=O)NC3(N)CC3)cc2)c2cc(OC)c(OC)cc2CC1C. The number of hydrogen-bond donors (Lipinski definition) is 3. The van der Waals surface area contributed by atoms with Crippen molar-refractivity contribution in [3.63, 3.8) is 0 Å². The Kier molecular flexibility index (Phi) is 6.03. The minimum Gasteiger partial charge on any atom is -0.493 e. The molecule has 8 heteroatoms. The van der Waals surface area contributed by atoms with Crippen LogP contribution in [0.25, 0.3) is 5.57 Å². The number of nitrogens with one attached hydrogen (secondary N) is 2. The van der Waals surface area contributed by atoms with Gasteiger partial charge in [0.1, 0.15) is 0 Å². The summed E-state index contributed by atoms with van der Waals surface area (Å²) in [4.78, 5) is 26.9. The normalized spacial score (nSPS) is 18.4. The smallest absolute Gasteiger partial charge is 0.321 e. The van der Waals surface area contributed by atoms with Crippen LogP contribution in [0.3, 0.4) is 0 Å². The number of nitrogens with two attached hydrogens (primary N) is 1. The van der Waals surface area contributed by atoms with E-state index >= 15 is 0 Å². The zero-order valence-corrected chi connectivity index (χ0v) is 19.4. The van der Waals surface area contributed by atoms with Crippen molar-refractivity contribution in [2.75, 3.05) is 21.3 Å². The highest BCUT2D eigenvalue weighted by Gasteiger charge is 2.39. The van der Waals surface area contributed by atoms with Gasteiger partial charge in [-0.05, 0) is 67.1 Å². The highest BCUT2D eigenvalue weighted by molar-refractivity contribution is 5.95. The molecule has 4 rings (SSSR count). The molecule has 2 aromatic rings. The van der Waals surface area contributed by atoms with Crippen LogP contribution in [0.1, 0.15) is 46.8 Å². The topological polar surface area (TPSA) is 106 Å². The van der Waals surface area contributed by atoms with Crippen molar-refractivity contribution < 1.29 is 19.1 Å². The van der Waals surface area contributed by atoms with Gasteiger partial charge in [0.05, 0.1) is 19.9 Å². The van der Waals surface area contributed by atoms with E-state index in [1.807, 2.05) is 37.4 Å². The highest BCUT2D eigenvalue weighted by Crippen LogP contribution is 2.39. The summed E-state index contributed by atoms with van der Waals surface area (Å²) in [5, 5.41) is 5.58. The Morgan fingerprint density at radius 2 is 1.73 bits per heavy atom. The molecule has 3 amide bonds. The lowest BCUT2D eigenvalue weighted by Gasteiger charge is -2.24. The van der Waals surface area contributed by atoms with Gasteiger partial charge in [-0.3, -0.25) is 9.69 Å². The Balaban J connectivity index is 1.78. The molecule has 8 nitrogen and oxygen atoms in total. The average molecular weight is 451 g/mol. The van der Waals surface area contributed by atoms with Gasteiger partial charge in [-0.15, -0.1) is 0 Å². The van der Waals surface area contributed by atoms with Crippen LogP contribution in [-0.4, -0.2) is 49.8 Å². The zero-order valence-electron chi connectivity index (χ0n) is 19.4. The minimum absolute atomic E-state index is 0.0800. The van der Waals surface area contributed by atoms with E-state index < -0.39 is 5.66 Å². The van der Waals surface area contributed by atoms with Gasteiger partial charge in [0.25, 0.3) is 5.91 Å². The van der Waals surface area contributed by atoms with Crippen LogP contribution in [-0.2, 0) is 6.42 Å². The lowest BCUT2D eigenvalue weighted by molar-refractivity contribution is 0.0933. The van der Waals surface area contributed by atoms with E-state index in [1.54, 1.807) is 38.3 Å². The molecule has 4 N–H and O–H groups in total. The van der Waals surface area contributed by atoms with Crippen molar-refractivity contribution in [1.82, 2.24) is 15.5 Å². The van der Waals surface area contributed by atoms with Crippen LogP contribution in [0.5, 0.6) is 11.5 Å². The molecule has 33 heavy (non-hydrogen) atoms. The fourth-order valence-electron chi connectivity index (χ4n) is 4.07. The highest BCUT2D eigenvalue weighted by atomic mass is 16.5. The second kappa shape index (κ2) is 8.78. The molecule has 0 aromatic heterocycles. The van der Waals surface area contributed by atoms with E-state index in [-0.39, 0.29) is 18.0 Å². The number of methoxy groups -OCH3 is 2. The Labute approximate surface area is 193 Å². The lowest BCUT2D eigenvalue weighted by atomic mass is 9.92. The molecular weight excluding hydrogens is 420 g/mol. The summed E-state index contributed by atoms with van der Waals surface area (Å²) >= 11 is 0. The van der Waals surface area contributed by atoms with Crippen LogP contribution in [0.15, 0.2) is 42.6 Å². The molecule has 2 aromatic carbocycles. The molecule has 1 aliphatic heterocycles. The van der Waals surface area contributed by atoms with E-state index in [9.17, 15) is 9.59 Å². The van der Waals surface area contributed by atoms with Crippen molar-refractivity contribution in [3.8, 4) is 11.5 Å². The van der Waals surface area contributed by atoms with E-state index in [1.165, 1.54) is 0 Å². The molecule has 1 atom stereocenters. The van der Waals surface area contributed by atoms with Gasteiger partial charge >= 0.3 is 6.03 Å². The fraction of sp³-hybridized carbons (Fsp3) is 0.360. The van der Waals surface area contributed by atoms with Crippen LogP contribution in [0, 0.1) is 0 Å². The van der Waals surface area contributed by atoms with Crippen molar-refractivity contribution in [1.29, 1.82) is 0 Å². The number of carbonyl (C=O) groups is 2. The second-order valence-electron chi connectivity index (χ2n) is 8.61. The largest absolute Gasteiger partial charge is 0.493 e. The third-order valence-corrected chi connectivity index (χ3v) is 6.22. The number of ether oxygens (including phenoxy) is 2. The monoisotopic (exact) mass is 450 g/mol.